The number of nitrogens with one attached hydrogen (secondary N) is 1. The van der Waals surface area contributed by atoms with Crippen LogP contribution in [-0.2, 0) is 32.2 Å². The zero-order chi connectivity index (χ0) is 15.2. The molecule has 0 amide bonds. The Hall–Kier alpha value is -1.26. The summed E-state index contributed by atoms with van der Waals surface area (Å²) in [6, 6.07) is 0. The first-order chi connectivity index (χ1) is 9.31. The Kier molecular flexibility index (Phi) is 6.30. The van der Waals surface area contributed by atoms with Gasteiger partial charge in [0.1, 0.15) is 4.90 Å². The third-order valence-electron chi connectivity index (χ3n) is 2.38. The molecule has 2 N–H and O–H groups in total. The number of aromatic nitrogens is 2. The van der Waals surface area contributed by atoms with E-state index in [0.29, 0.717) is 12.2 Å². The molecule has 1 aromatic heterocycles. The predicted octanol–water partition coefficient (Wildman–Crippen LogP) is -0.595. The van der Waals surface area contributed by atoms with Gasteiger partial charge in [-0.1, -0.05) is 0 Å². The zero-order valence-electron chi connectivity index (χ0n) is 11.0. The highest BCUT2D eigenvalue weighted by Gasteiger charge is 2.16. The molecule has 8 nitrogen and oxygen atoms in total. The Morgan fingerprint density at radius 1 is 1.55 bits per heavy atom. The SMILES string of the molecule is CS(=O)CCCNS(=O)(=O)c1cnn(CCC(=O)O)c1. The topological polar surface area (TPSA) is 118 Å². The highest BCUT2D eigenvalue weighted by Crippen LogP contribution is 2.07. The van der Waals surface area contributed by atoms with Gasteiger partial charge in [-0.2, -0.15) is 5.10 Å². The van der Waals surface area contributed by atoms with E-state index >= 15 is 0 Å². The van der Waals surface area contributed by atoms with Crippen LogP contribution in [0, 0.1) is 0 Å². The maximum Gasteiger partial charge on any atom is 0.305 e. The first-order valence-electron chi connectivity index (χ1n) is 5.85. The number of aryl methyl sites for hydroxylation is 1. The van der Waals surface area contributed by atoms with Gasteiger partial charge in [-0.15, -0.1) is 0 Å². The molecule has 0 aliphatic heterocycles. The summed E-state index contributed by atoms with van der Waals surface area (Å²) in [5.74, 6) is -0.545. The van der Waals surface area contributed by atoms with E-state index in [9.17, 15) is 17.4 Å². The number of hydrogen-bond donors (Lipinski definition) is 2. The lowest BCUT2D eigenvalue weighted by Crippen LogP contribution is -2.25. The van der Waals surface area contributed by atoms with Crippen molar-refractivity contribution in [1.82, 2.24) is 14.5 Å². The Morgan fingerprint density at radius 3 is 2.85 bits per heavy atom. The smallest absolute Gasteiger partial charge is 0.305 e. The van der Waals surface area contributed by atoms with Gasteiger partial charge in [0.2, 0.25) is 10.0 Å². The van der Waals surface area contributed by atoms with Crippen molar-refractivity contribution < 1.29 is 22.5 Å². The molecule has 0 fully saturated rings. The fourth-order valence-corrected chi connectivity index (χ4v) is 2.96. The minimum atomic E-state index is -3.66. The molecule has 0 radical (unpaired) electrons. The number of hydrogen-bond acceptors (Lipinski definition) is 5. The summed E-state index contributed by atoms with van der Waals surface area (Å²) in [7, 11) is -4.60. The minimum absolute atomic E-state index is 0.0134. The summed E-state index contributed by atoms with van der Waals surface area (Å²) >= 11 is 0. The highest BCUT2D eigenvalue weighted by molar-refractivity contribution is 7.89. The predicted molar refractivity (Wildman–Crippen MR) is 73.2 cm³/mol. The Labute approximate surface area is 119 Å². The van der Waals surface area contributed by atoms with Crippen LogP contribution in [0.2, 0.25) is 0 Å². The number of carboxylic acid groups (broad SMARTS) is 1. The lowest BCUT2D eigenvalue weighted by molar-refractivity contribution is -0.137. The number of nitrogens with zero attached hydrogens (tertiary/aromatic N) is 2. The summed E-state index contributed by atoms with van der Waals surface area (Å²) in [6.45, 7) is 0.307. The Balaban J connectivity index is 2.55. The fraction of sp³-hybridized carbons (Fsp3) is 0.600. The van der Waals surface area contributed by atoms with Gasteiger partial charge >= 0.3 is 5.97 Å². The molecular weight excluding hydrogens is 306 g/mol. The van der Waals surface area contributed by atoms with Crippen molar-refractivity contribution in [3.05, 3.63) is 12.4 Å². The van der Waals surface area contributed by atoms with Crippen molar-refractivity contribution in [3.8, 4) is 0 Å². The van der Waals surface area contributed by atoms with E-state index < -0.39 is 26.8 Å². The van der Waals surface area contributed by atoms with Crippen LogP contribution in [0.5, 0.6) is 0 Å². The summed E-state index contributed by atoms with van der Waals surface area (Å²) in [5.41, 5.74) is 0. The first-order valence-corrected chi connectivity index (χ1v) is 9.06. The van der Waals surface area contributed by atoms with E-state index in [4.69, 9.17) is 5.11 Å². The van der Waals surface area contributed by atoms with Gasteiger partial charge in [-0.05, 0) is 6.42 Å². The van der Waals surface area contributed by atoms with Crippen LogP contribution in [-0.4, -0.2) is 52.0 Å². The summed E-state index contributed by atoms with van der Waals surface area (Å²) in [4.78, 5) is 10.4. The molecular formula is C10H17N3O5S2. The van der Waals surface area contributed by atoms with Gasteiger partial charge in [0, 0.05) is 35.5 Å². The zero-order valence-corrected chi connectivity index (χ0v) is 12.6. The molecule has 0 saturated carbocycles. The normalized spacial score (nSPS) is 13.2. The molecule has 0 saturated heterocycles. The van der Waals surface area contributed by atoms with Crippen LogP contribution < -0.4 is 4.72 Å². The molecule has 1 heterocycles. The number of rotatable bonds is 9. The van der Waals surface area contributed by atoms with E-state index in [1.54, 1.807) is 6.26 Å². The Bertz CT molecular complexity index is 581. The third-order valence-corrected chi connectivity index (χ3v) is 4.65. The van der Waals surface area contributed by atoms with E-state index in [-0.39, 0.29) is 24.4 Å². The lowest BCUT2D eigenvalue weighted by atomic mass is 10.4. The van der Waals surface area contributed by atoms with E-state index in [2.05, 4.69) is 9.82 Å². The van der Waals surface area contributed by atoms with Crippen molar-refractivity contribution in [2.24, 2.45) is 0 Å². The van der Waals surface area contributed by atoms with Crippen molar-refractivity contribution in [2.75, 3.05) is 18.6 Å². The Morgan fingerprint density at radius 2 is 2.25 bits per heavy atom. The molecule has 114 valence electrons. The number of aliphatic carboxylic acids is 1. The van der Waals surface area contributed by atoms with E-state index in [0.717, 1.165) is 0 Å². The maximum atomic E-state index is 11.9. The average molecular weight is 323 g/mol. The molecule has 0 bridgehead atoms. The van der Waals surface area contributed by atoms with Crippen molar-refractivity contribution in [2.45, 2.75) is 24.3 Å². The second kappa shape index (κ2) is 7.50. The summed E-state index contributed by atoms with van der Waals surface area (Å²) in [6.07, 6.45) is 4.36. The maximum absolute atomic E-state index is 11.9. The first kappa shape index (κ1) is 16.8. The fourth-order valence-electron chi connectivity index (χ4n) is 1.38. The average Bonchev–Trinajstić information content (AvgIpc) is 2.81. The summed E-state index contributed by atoms with van der Waals surface area (Å²) in [5, 5.41) is 12.3. The minimum Gasteiger partial charge on any atom is -0.481 e. The molecule has 1 rings (SSSR count). The van der Waals surface area contributed by atoms with E-state index in [1.807, 2.05) is 0 Å². The van der Waals surface area contributed by atoms with Crippen LogP contribution in [0.25, 0.3) is 0 Å². The lowest BCUT2D eigenvalue weighted by Gasteiger charge is -2.03. The van der Waals surface area contributed by atoms with Gasteiger partial charge in [-0.25, -0.2) is 13.1 Å². The van der Waals surface area contributed by atoms with Gasteiger partial charge in [0.05, 0.1) is 19.2 Å². The summed E-state index contributed by atoms with van der Waals surface area (Å²) < 4.78 is 38.2. The van der Waals surface area contributed by atoms with Gasteiger partial charge < -0.3 is 5.11 Å². The van der Waals surface area contributed by atoms with Crippen LogP contribution >= 0.6 is 0 Å². The van der Waals surface area contributed by atoms with Gasteiger partial charge in [0.25, 0.3) is 0 Å². The highest BCUT2D eigenvalue weighted by atomic mass is 32.2. The molecule has 1 atom stereocenters. The molecule has 0 aliphatic carbocycles. The quantitative estimate of drug-likeness (QED) is 0.586. The monoisotopic (exact) mass is 323 g/mol. The van der Waals surface area contributed by atoms with Crippen LogP contribution in [0.1, 0.15) is 12.8 Å². The second-order valence-corrected chi connectivity index (χ2v) is 7.43. The number of carbonyl (C=O) groups is 1. The number of carboxylic acids is 1. The van der Waals surface area contributed by atoms with E-state index in [1.165, 1.54) is 17.1 Å². The molecule has 0 spiro atoms. The molecule has 0 aliphatic rings. The van der Waals surface area contributed by atoms with Crippen LogP contribution in [0.15, 0.2) is 17.3 Å². The molecule has 0 aromatic carbocycles. The van der Waals surface area contributed by atoms with Gasteiger partial charge in [0.15, 0.2) is 0 Å². The molecule has 1 unspecified atom stereocenters. The standard InChI is InChI=1S/C10H17N3O5S2/c1-19(16)6-2-4-12-20(17,18)9-7-11-13(8-9)5-3-10(14)15/h7-8,12H,2-6H2,1H3,(H,14,15). The molecule has 20 heavy (non-hydrogen) atoms. The molecule has 1 aromatic rings. The molecule has 10 heteroatoms. The van der Waals surface area contributed by atoms with Crippen LogP contribution in [0.4, 0.5) is 0 Å². The van der Waals surface area contributed by atoms with Crippen LogP contribution in [0.3, 0.4) is 0 Å². The number of sulfonamides is 1. The van der Waals surface area contributed by atoms with Crippen molar-refractivity contribution in [1.29, 1.82) is 0 Å². The van der Waals surface area contributed by atoms with Crippen molar-refractivity contribution in [3.63, 3.8) is 0 Å². The van der Waals surface area contributed by atoms with Crippen molar-refractivity contribution >= 4 is 26.8 Å². The second-order valence-electron chi connectivity index (χ2n) is 4.11. The largest absolute Gasteiger partial charge is 0.481 e. The third kappa shape index (κ3) is 5.80. The van der Waals surface area contributed by atoms with Gasteiger partial charge in [-0.3, -0.25) is 13.7 Å².